The summed E-state index contributed by atoms with van der Waals surface area (Å²) < 4.78 is 7.13. The lowest BCUT2D eigenvalue weighted by Gasteiger charge is -2.18. The molecule has 3 heteroatoms. The normalized spacial score (nSPS) is 12.0. The van der Waals surface area contributed by atoms with Crippen molar-refractivity contribution in [2.45, 2.75) is 13.3 Å². The zero-order chi connectivity index (χ0) is 20.6. The van der Waals surface area contributed by atoms with Crippen LogP contribution in [0.3, 0.4) is 0 Å². The number of hydrogen-bond acceptors (Lipinski definition) is 2. The minimum absolute atomic E-state index is 0.688. The Morgan fingerprint density at radius 2 is 1.45 bits per heavy atom. The van der Waals surface area contributed by atoms with Crippen molar-refractivity contribution < 1.29 is 4.74 Å². The van der Waals surface area contributed by atoms with Crippen molar-refractivity contribution in [1.82, 2.24) is 4.90 Å². The van der Waals surface area contributed by atoms with E-state index in [0.29, 0.717) is 6.61 Å². The summed E-state index contributed by atoms with van der Waals surface area (Å²) in [7, 11) is 4.12. The maximum absolute atomic E-state index is 5.99. The van der Waals surface area contributed by atoms with Crippen LogP contribution in [0.15, 0.2) is 78.9 Å². The summed E-state index contributed by atoms with van der Waals surface area (Å²) >= 11 is 2.38. The molecule has 0 unspecified atom stereocenters. The average Bonchev–Trinajstić information content (AvgIpc) is 2.74. The summed E-state index contributed by atoms with van der Waals surface area (Å²) in [4.78, 5) is 2.13. The van der Waals surface area contributed by atoms with Crippen LogP contribution in [0.5, 0.6) is 5.75 Å². The molecular formula is C26H28INO. The van der Waals surface area contributed by atoms with Gasteiger partial charge in [-0.2, -0.15) is 0 Å². The lowest BCUT2D eigenvalue weighted by Crippen LogP contribution is -2.19. The van der Waals surface area contributed by atoms with Gasteiger partial charge in [-0.05, 0) is 83.1 Å². The first-order valence-electron chi connectivity index (χ1n) is 10.0. The van der Waals surface area contributed by atoms with Gasteiger partial charge in [-0.25, -0.2) is 0 Å². The molecule has 0 aromatic heterocycles. The number of likely N-dealkylation sites (N-methyl/N-ethyl adjacent to an activating group) is 1. The highest BCUT2D eigenvalue weighted by molar-refractivity contribution is 14.1. The quantitative estimate of drug-likeness (QED) is 0.257. The molecule has 0 N–H and O–H groups in total. The molecule has 0 saturated heterocycles. The standard InChI is InChI=1S/C26H28INO/c1-4-23(20-11-7-5-8-12-20)26(21-13-9-6-10-14-21)22-15-16-25(24(27)19-22)29-18-17-28(2)3/h5-16,19H,4,17-18H2,1-3H3/b26-23-. The lowest BCUT2D eigenvalue weighted by molar-refractivity contribution is 0.260. The predicted octanol–water partition coefficient (Wildman–Crippen LogP) is 6.60. The second-order valence-electron chi connectivity index (χ2n) is 7.24. The Morgan fingerprint density at radius 3 is 2.00 bits per heavy atom. The number of benzene rings is 3. The lowest BCUT2D eigenvalue weighted by atomic mass is 9.88. The third-order valence-electron chi connectivity index (χ3n) is 4.86. The molecule has 29 heavy (non-hydrogen) atoms. The Balaban J connectivity index is 2.06. The van der Waals surface area contributed by atoms with Gasteiger partial charge < -0.3 is 9.64 Å². The first-order valence-corrected chi connectivity index (χ1v) is 11.1. The van der Waals surface area contributed by atoms with Crippen molar-refractivity contribution in [2.24, 2.45) is 0 Å². The fraction of sp³-hybridized carbons (Fsp3) is 0.231. The molecule has 0 amide bonds. The van der Waals surface area contributed by atoms with E-state index in [9.17, 15) is 0 Å². The fourth-order valence-electron chi connectivity index (χ4n) is 3.40. The van der Waals surface area contributed by atoms with E-state index in [2.05, 4.69) is 127 Å². The van der Waals surface area contributed by atoms with Crippen molar-refractivity contribution in [3.63, 3.8) is 0 Å². The summed E-state index contributed by atoms with van der Waals surface area (Å²) in [5.74, 6) is 0.946. The number of allylic oxidation sites excluding steroid dienone is 1. The topological polar surface area (TPSA) is 12.5 Å². The fourth-order valence-corrected chi connectivity index (χ4v) is 4.07. The Hall–Kier alpha value is -2.11. The van der Waals surface area contributed by atoms with E-state index in [1.54, 1.807) is 0 Å². The minimum atomic E-state index is 0.688. The molecule has 0 fully saturated rings. The molecule has 0 aliphatic rings. The Labute approximate surface area is 188 Å². The van der Waals surface area contributed by atoms with Gasteiger partial charge in [0.1, 0.15) is 12.4 Å². The molecule has 2 nitrogen and oxygen atoms in total. The summed E-state index contributed by atoms with van der Waals surface area (Å²) in [6.07, 6.45) is 0.964. The number of halogens is 1. The van der Waals surface area contributed by atoms with E-state index in [-0.39, 0.29) is 0 Å². The zero-order valence-electron chi connectivity index (χ0n) is 17.4. The van der Waals surface area contributed by atoms with E-state index >= 15 is 0 Å². The first-order chi connectivity index (χ1) is 14.1. The number of rotatable bonds is 8. The molecule has 3 aromatic rings. The van der Waals surface area contributed by atoms with Crippen LogP contribution in [0.4, 0.5) is 0 Å². The summed E-state index contributed by atoms with van der Waals surface area (Å²) in [6.45, 7) is 3.82. The maximum atomic E-state index is 5.99. The van der Waals surface area contributed by atoms with Gasteiger partial charge in [0.15, 0.2) is 0 Å². The van der Waals surface area contributed by atoms with Gasteiger partial charge in [0, 0.05) is 6.54 Å². The second-order valence-corrected chi connectivity index (χ2v) is 8.40. The zero-order valence-corrected chi connectivity index (χ0v) is 19.5. The highest BCUT2D eigenvalue weighted by atomic mass is 127. The highest BCUT2D eigenvalue weighted by Gasteiger charge is 2.14. The third-order valence-corrected chi connectivity index (χ3v) is 5.70. The molecular weight excluding hydrogens is 469 g/mol. The molecule has 0 heterocycles. The number of ether oxygens (including phenoxy) is 1. The first kappa shape index (κ1) is 21.6. The molecule has 0 bridgehead atoms. The Kier molecular flexibility index (Phi) is 7.90. The van der Waals surface area contributed by atoms with Crippen LogP contribution in [-0.2, 0) is 0 Å². The average molecular weight is 497 g/mol. The maximum Gasteiger partial charge on any atom is 0.132 e. The molecule has 0 aliphatic carbocycles. The second kappa shape index (κ2) is 10.6. The van der Waals surface area contributed by atoms with Crippen LogP contribution in [0.2, 0.25) is 0 Å². The minimum Gasteiger partial charge on any atom is -0.491 e. The van der Waals surface area contributed by atoms with Crippen molar-refractivity contribution in [3.05, 3.63) is 99.1 Å². The van der Waals surface area contributed by atoms with Crippen LogP contribution >= 0.6 is 22.6 Å². The van der Waals surface area contributed by atoms with Crippen LogP contribution in [0.25, 0.3) is 11.1 Å². The van der Waals surface area contributed by atoms with Gasteiger partial charge in [0.05, 0.1) is 3.57 Å². The van der Waals surface area contributed by atoms with Crippen LogP contribution in [0.1, 0.15) is 30.0 Å². The van der Waals surface area contributed by atoms with E-state index < -0.39 is 0 Å². The molecule has 3 aromatic carbocycles. The highest BCUT2D eigenvalue weighted by Crippen LogP contribution is 2.36. The monoisotopic (exact) mass is 497 g/mol. The summed E-state index contributed by atoms with van der Waals surface area (Å²) in [6, 6.07) is 27.9. The Bertz CT molecular complexity index is 949. The molecule has 0 aliphatic heterocycles. The van der Waals surface area contributed by atoms with Gasteiger partial charge in [0.25, 0.3) is 0 Å². The smallest absolute Gasteiger partial charge is 0.132 e. The van der Waals surface area contributed by atoms with Crippen molar-refractivity contribution in [2.75, 3.05) is 27.2 Å². The van der Waals surface area contributed by atoms with Gasteiger partial charge in [0.2, 0.25) is 0 Å². The third kappa shape index (κ3) is 5.71. The number of nitrogens with zero attached hydrogens (tertiary/aromatic N) is 1. The summed E-state index contributed by atoms with van der Waals surface area (Å²) in [5.41, 5.74) is 6.38. The van der Waals surface area contributed by atoms with Crippen molar-refractivity contribution >= 4 is 33.7 Å². The van der Waals surface area contributed by atoms with Gasteiger partial charge >= 0.3 is 0 Å². The van der Waals surface area contributed by atoms with E-state index in [4.69, 9.17) is 4.74 Å². The van der Waals surface area contributed by atoms with E-state index in [0.717, 1.165) is 22.3 Å². The largest absolute Gasteiger partial charge is 0.491 e. The Morgan fingerprint density at radius 1 is 0.828 bits per heavy atom. The van der Waals surface area contributed by atoms with E-state index in [1.165, 1.54) is 27.8 Å². The molecule has 150 valence electrons. The molecule has 0 radical (unpaired) electrons. The van der Waals surface area contributed by atoms with Crippen molar-refractivity contribution in [3.8, 4) is 5.75 Å². The SMILES string of the molecule is CC/C(=C(\c1ccccc1)c1ccc(OCCN(C)C)c(I)c1)c1ccccc1. The van der Waals surface area contributed by atoms with Crippen molar-refractivity contribution in [1.29, 1.82) is 0 Å². The molecule has 3 rings (SSSR count). The van der Waals surface area contributed by atoms with E-state index in [1.807, 2.05) is 0 Å². The van der Waals surface area contributed by atoms with Gasteiger partial charge in [-0.1, -0.05) is 73.7 Å². The van der Waals surface area contributed by atoms with Crippen LogP contribution in [-0.4, -0.2) is 32.1 Å². The van der Waals surface area contributed by atoms with Gasteiger partial charge in [-0.15, -0.1) is 0 Å². The molecule has 0 atom stereocenters. The summed E-state index contributed by atoms with van der Waals surface area (Å²) in [5, 5.41) is 0. The molecule has 0 saturated carbocycles. The van der Waals surface area contributed by atoms with Crippen LogP contribution < -0.4 is 4.74 Å². The predicted molar refractivity (Wildman–Crippen MR) is 132 cm³/mol. The number of hydrogen-bond donors (Lipinski definition) is 0. The van der Waals surface area contributed by atoms with Crippen LogP contribution in [0, 0.1) is 3.57 Å². The molecule has 0 spiro atoms. The van der Waals surface area contributed by atoms with Gasteiger partial charge in [-0.3, -0.25) is 0 Å².